The fourth-order valence-corrected chi connectivity index (χ4v) is 3.79. The molecular weight excluding hydrogens is 334 g/mol. The molecule has 106 valence electrons. The molecule has 0 aliphatic heterocycles. The van der Waals surface area contributed by atoms with Gasteiger partial charge in [0, 0.05) is 10.7 Å². The summed E-state index contributed by atoms with van der Waals surface area (Å²) in [6, 6.07) is 7.03. The van der Waals surface area contributed by atoms with Gasteiger partial charge in [-0.05, 0) is 49.0 Å². The van der Waals surface area contributed by atoms with E-state index in [0.717, 1.165) is 15.2 Å². The number of anilines is 1. The summed E-state index contributed by atoms with van der Waals surface area (Å²) in [5.41, 5.74) is 0.730. The van der Waals surface area contributed by atoms with E-state index in [1.807, 2.05) is 13.2 Å². The minimum Gasteiger partial charge on any atom is -0.325 e. The smallest absolute Gasteiger partial charge is 0.237 e. The zero-order valence-electron chi connectivity index (χ0n) is 10.8. The predicted octanol–water partition coefficient (Wildman–Crippen LogP) is 4.03. The van der Waals surface area contributed by atoms with Gasteiger partial charge in [0.15, 0.2) is 4.34 Å². The van der Waals surface area contributed by atoms with Gasteiger partial charge in [-0.25, -0.2) is 4.98 Å². The van der Waals surface area contributed by atoms with E-state index in [1.165, 1.54) is 35.1 Å². The maximum Gasteiger partial charge on any atom is 0.237 e. The van der Waals surface area contributed by atoms with E-state index in [2.05, 4.69) is 14.7 Å². The zero-order chi connectivity index (χ0) is 14.5. The number of benzene rings is 1. The summed E-state index contributed by atoms with van der Waals surface area (Å²) < 4.78 is 4.97. The molecule has 1 atom stereocenters. The molecule has 0 saturated heterocycles. The fourth-order valence-electron chi connectivity index (χ4n) is 1.31. The van der Waals surface area contributed by atoms with Gasteiger partial charge in [-0.3, -0.25) is 4.79 Å². The third-order valence-electron chi connectivity index (χ3n) is 2.33. The van der Waals surface area contributed by atoms with E-state index in [-0.39, 0.29) is 11.2 Å². The van der Waals surface area contributed by atoms with Crippen LogP contribution in [-0.2, 0) is 4.79 Å². The summed E-state index contributed by atoms with van der Waals surface area (Å²) in [5.74, 6) is -0.0711. The van der Waals surface area contributed by atoms with E-state index in [9.17, 15) is 4.79 Å². The maximum atomic E-state index is 12.1. The molecule has 0 bridgehead atoms. The first-order valence-electron chi connectivity index (χ1n) is 5.69. The van der Waals surface area contributed by atoms with Gasteiger partial charge in [0.2, 0.25) is 11.1 Å². The molecule has 2 aromatic rings. The van der Waals surface area contributed by atoms with Gasteiger partial charge in [0.25, 0.3) is 0 Å². The molecule has 1 N–H and O–H groups in total. The van der Waals surface area contributed by atoms with E-state index >= 15 is 0 Å². The largest absolute Gasteiger partial charge is 0.325 e. The van der Waals surface area contributed by atoms with E-state index in [4.69, 9.17) is 11.6 Å². The quantitative estimate of drug-likeness (QED) is 0.829. The first-order valence-corrected chi connectivity index (χ1v) is 8.95. The second-order valence-electron chi connectivity index (χ2n) is 3.80. The highest BCUT2D eigenvalue weighted by Crippen LogP contribution is 2.27. The number of aromatic nitrogens is 2. The van der Waals surface area contributed by atoms with Crippen LogP contribution in [0.25, 0.3) is 0 Å². The van der Waals surface area contributed by atoms with Crippen molar-refractivity contribution in [2.24, 2.45) is 0 Å². The van der Waals surface area contributed by atoms with Crippen LogP contribution in [0.15, 0.2) is 33.8 Å². The Morgan fingerprint density at radius 3 is 2.70 bits per heavy atom. The molecule has 1 aromatic heterocycles. The minimum absolute atomic E-state index is 0.0711. The average molecular weight is 346 g/mol. The summed E-state index contributed by atoms with van der Waals surface area (Å²) in [4.78, 5) is 16.4. The van der Waals surface area contributed by atoms with E-state index < -0.39 is 0 Å². The first-order chi connectivity index (χ1) is 9.58. The van der Waals surface area contributed by atoms with Crippen molar-refractivity contribution in [3.05, 3.63) is 29.3 Å². The lowest BCUT2D eigenvalue weighted by Gasteiger charge is -2.10. The highest BCUT2D eigenvalue weighted by atomic mass is 35.5. The molecule has 1 amide bonds. The molecule has 0 spiro atoms. The summed E-state index contributed by atoms with van der Waals surface area (Å²) in [7, 11) is 0. The molecule has 2 rings (SSSR count). The zero-order valence-corrected chi connectivity index (χ0v) is 14.0. The fraction of sp³-hybridized carbons (Fsp3) is 0.250. The summed E-state index contributed by atoms with van der Waals surface area (Å²) in [6.45, 7) is 1.84. The Bertz CT molecular complexity index is 588. The molecular formula is C12H12ClN3OS3. The highest BCUT2D eigenvalue weighted by Gasteiger charge is 2.17. The number of carbonyl (C=O) groups is 1. The lowest BCUT2D eigenvalue weighted by molar-refractivity contribution is -0.115. The van der Waals surface area contributed by atoms with Crippen molar-refractivity contribution >= 4 is 58.3 Å². The topological polar surface area (TPSA) is 54.9 Å². The van der Waals surface area contributed by atoms with Crippen LogP contribution in [-0.4, -0.2) is 26.8 Å². The van der Waals surface area contributed by atoms with Crippen molar-refractivity contribution in [3.63, 3.8) is 0 Å². The number of thioether (sulfide) groups is 2. The number of hydrogen-bond acceptors (Lipinski definition) is 6. The Labute approximate surface area is 134 Å². The number of rotatable bonds is 5. The normalized spacial score (nSPS) is 12.2. The van der Waals surface area contributed by atoms with Crippen molar-refractivity contribution in [3.8, 4) is 0 Å². The average Bonchev–Trinajstić information content (AvgIpc) is 2.89. The van der Waals surface area contributed by atoms with Crippen LogP contribution in [0.4, 0.5) is 5.69 Å². The number of nitrogens with zero attached hydrogens (tertiary/aromatic N) is 2. The monoisotopic (exact) mass is 345 g/mol. The van der Waals surface area contributed by atoms with Crippen LogP contribution < -0.4 is 5.32 Å². The van der Waals surface area contributed by atoms with Gasteiger partial charge >= 0.3 is 0 Å². The summed E-state index contributed by atoms with van der Waals surface area (Å²) >= 11 is 10.0. The summed E-state index contributed by atoms with van der Waals surface area (Å²) in [6.07, 6.45) is 1.92. The lowest BCUT2D eigenvalue weighted by Crippen LogP contribution is -2.22. The molecule has 0 saturated carbocycles. The third-order valence-corrected chi connectivity index (χ3v) is 5.13. The van der Waals surface area contributed by atoms with Crippen LogP contribution >= 0.6 is 46.7 Å². The molecule has 1 aromatic carbocycles. The molecule has 0 aliphatic carbocycles. The van der Waals surface area contributed by atoms with Crippen LogP contribution in [0, 0.1) is 0 Å². The standard InChI is InChI=1S/C12H12ClN3OS3/c1-7(19-12-15-11(18-2)16-20-12)10(17)14-9-5-3-8(13)4-6-9/h3-7H,1-2H3,(H,14,17). The first kappa shape index (κ1) is 15.6. The molecule has 1 heterocycles. The van der Waals surface area contributed by atoms with Crippen LogP contribution in [0.1, 0.15) is 6.92 Å². The number of halogens is 1. The molecule has 8 heteroatoms. The lowest BCUT2D eigenvalue weighted by atomic mass is 10.3. The van der Waals surface area contributed by atoms with Crippen LogP contribution in [0.3, 0.4) is 0 Å². The van der Waals surface area contributed by atoms with Crippen molar-refractivity contribution < 1.29 is 4.79 Å². The molecule has 0 aliphatic rings. The van der Waals surface area contributed by atoms with Crippen molar-refractivity contribution in [2.75, 3.05) is 11.6 Å². The van der Waals surface area contributed by atoms with Crippen molar-refractivity contribution in [2.45, 2.75) is 21.7 Å². The molecule has 4 nitrogen and oxygen atoms in total. The van der Waals surface area contributed by atoms with Gasteiger partial charge in [-0.15, -0.1) is 0 Å². The Kier molecular flexibility index (Phi) is 5.71. The summed E-state index contributed by atoms with van der Waals surface area (Å²) in [5, 5.41) is 3.98. The van der Waals surface area contributed by atoms with Gasteiger partial charge in [0.1, 0.15) is 0 Å². The van der Waals surface area contributed by atoms with E-state index in [0.29, 0.717) is 5.02 Å². The molecule has 0 fully saturated rings. The Balaban J connectivity index is 1.93. The highest BCUT2D eigenvalue weighted by molar-refractivity contribution is 8.02. The van der Waals surface area contributed by atoms with Gasteiger partial charge < -0.3 is 5.32 Å². The second kappa shape index (κ2) is 7.31. The second-order valence-corrected chi connectivity index (χ2v) is 7.35. The molecule has 0 radical (unpaired) electrons. The molecule has 20 heavy (non-hydrogen) atoms. The number of carbonyl (C=O) groups excluding carboxylic acids is 1. The van der Waals surface area contributed by atoms with Crippen LogP contribution in [0.2, 0.25) is 5.02 Å². The van der Waals surface area contributed by atoms with Gasteiger partial charge in [-0.2, -0.15) is 4.37 Å². The number of amides is 1. The van der Waals surface area contributed by atoms with Gasteiger partial charge in [-0.1, -0.05) is 35.1 Å². The Morgan fingerprint density at radius 2 is 2.10 bits per heavy atom. The number of hydrogen-bond donors (Lipinski definition) is 1. The van der Waals surface area contributed by atoms with Gasteiger partial charge in [0.05, 0.1) is 5.25 Å². The number of nitrogens with one attached hydrogen (secondary N) is 1. The molecule has 1 unspecified atom stereocenters. The minimum atomic E-state index is -0.242. The predicted molar refractivity (Wildman–Crippen MR) is 87.1 cm³/mol. The van der Waals surface area contributed by atoms with E-state index in [1.54, 1.807) is 24.3 Å². The third kappa shape index (κ3) is 4.37. The SMILES string of the molecule is CSc1nsc(SC(C)C(=O)Nc2ccc(Cl)cc2)n1. The van der Waals surface area contributed by atoms with Crippen molar-refractivity contribution in [1.29, 1.82) is 0 Å². The van der Waals surface area contributed by atoms with Crippen molar-refractivity contribution in [1.82, 2.24) is 9.36 Å². The maximum absolute atomic E-state index is 12.1. The Morgan fingerprint density at radius 1 is 1.40 bits per heavy atom. The van der Waals surface area contributed by atoms with Crippen LogP contribution in [0.5, 0.6) is 0 Å². The Hall–Kier alpha value is -0.760.